The van der Waals surface area contributed by atoms with Crippen LogP contribution in [0, 0.1) is 5.92 Å². The Labute approximate surface area is 130 Å². The lowest BCUT2D eigenvalue weighted by Gasteiger charge is -2.35. The summed E-state index contributed by atoms with van der Waals surface area (Å²) in [5, 5.41) is 0.650. The fraction of sp³-hybridized carbons (Fsp3) is 0.500. The third-order valence-corrected chi connectivity index (χ3v) is 3.75. The number of nitrogens with two attached hydrogens (primary N) is 1. The van der Waals surface area contributed by atoms with E-state index in [0.29, 0.717) is 29.8 Å². The molecule has 1 saturated heterocycles. The monoisotopic (exact) mass is 318 g/mol. The van der Waals surface area contributed by atoms with Crippen molar-refractivity contribution in [2.75, 3.05) is 19.7 Å². The lowest BCUT2D eigenvalue weighted by molar-refractivity contribution is -0.135. The van der Waals surface area contributed by atoms with Gasteiger partial charge in [0, 0.05) is 24.2 Å². The van der Waals surface area contributed by atoms with Gasteiger partial charge < -0.3 is 15.4 Å². The van der Waals surface area contributed by atoms with Gasteiger partial charge in [-0.15, -0.1) is 12.4 Å². The smallest absolute Gasteiger partial charge is 0.260 e. The maximum Gasteiger partial charge on any atom is 0.260 e. The average Bonchev–Trinajstić information content (AvgIpc) is 2.41. The first kappa shape index (κ1) is 17.1. The van der Waals surface area contributed by atoms with Gasteiger partial charge in [-0.1, -0.05) is 18.5 Å². The van der Waals surface area contributed by atoms with Crippen molar-refractivity contribution in [1.82, 2.24) is 4.90 Å². The van der Waals surface area contributed by atoms with Gasteiger partial charge in [0.2, 0.25) is 0 Å². The lowest BCUT2D eigenvalue weighted by Crippen LogP contribution is -2.49. The van der Waals surface area contributed by atoms with Gasteiger partial charge in [0.25, 0.3) is 5.91 Å². The molecule has 112 valence electrons. The van der Waals surface area contributed by atoms with Gasteiger partial charge in [0.15, 0.2) is 6.61 Å². The molecule has 4 nitrogen and oxygen atoms in total. The first-order chi connectivity index (χ1) is 9.06. The molecule has 2 atom stereocenters. The molecule has 1 aliphatic heterocycles. The highest BCUT2D eigenvalue weighted by atomic mass is 35.5. The Morgan fingerprint density at radius 3 is 2.70 bits per heavy atom. The van der Waals surface area contributed by atoms with Crippen LogP contribution in [0.25, 0.3) is 0 Å². The van der Waals surface area contributed by atoms with E-state index in [2.05, 4.69) is 6.92 Å². The van der Waals surface area contributed by atoms with E-state index < -0.39 is 0 Å². The highest BCUT2D eigenvalue weighted by molar-refractivity contribution is 6.30. The van der Waals surface area contributed by atoms with Gasteiger partial charge in [-0.2, -0.15) is 0 Å². The summed E-state index contributed by atoms with van der Waals surface area (Å²) in [5.74, 6) is 1.00. The molecule has 1 aromatic carbocycles. The normalized spacial score (nSPS) is 22.1. The van der Waals surface area contributed by atoms with Crippen LogP contribution in [0.2, 0.25) is 5.02 Å². The zero-order chi connectivity index (χ0) is 13.8. The van der Waals surface area contributed by atoms with Crippen LogP contribution < -0.4 is 10.5 Å². The summed E-state index contributed by atoms with van der Waals surface area (Å²) in [6, 6.07) is 7.18. The first-order valence-corrected chi connectivity index (χ1v) is 6.86. The fourth-order valence-corrected chi connectivity index (χ4v) is 2.28. The van der Waals surface area contributed by atoms with Crippen molar-refractivity contribution in [2.45, 2.75) is 19.4 Å². The first-order valence-electron chi connectivity index (χ1n) is 6.48. The van der Waals surface area contributed by atoms with Gasteiger partial charge in [0.05, 0.1) is 0 Å². The number of amides is 1. The Morgan fingerprint density at radius 1 is 1.45 bits per heavy atom. The molecule has 2 unspecified atom stereocenters. The number of rotatable bonds is 3. The molecule has 0 bridgehead atoms. The zero-order valence-corrected chi connectivity index (χ0v) is 13.0. The van der Waals surface area contributed by atoms with Crippen LogP contribution in [-0.4, -0.2) is 36.5 Å². The van der Waals surface area contributed by atoms with Gasteiger partial charge in [0.1, 0.15) is 5.75 Å². The van der Waals surface area contributed by atoms with E-state index >= 15 is 0 Å². The molecule has 0 spiro atoms. The maximum absolute atomic E-state index is 12.0. The topological polar surface area (TPSA) is 55.6 Å². The summed E-state index contributed by atoms with van der Waals surface area (Å²) >= 11 is 5.78. The molecule has 2 rings (SSSR count). The number of likely N-dealkylation sites (tertiary alicyclic amines) is 1. The summed E-state index contributed by atoms with van der Waals surface area (Å²) in [6.07, 6.45) is 0.855. The van der Waals surface area contributed by atoms with Crippen LogP contribution in [0.5, 0.6) is 5.75 Å². The number of ether oxygens (including phenoxy) is 1. The van der Waals surface area contributed by atoms with Crippen LogP contribution in [0.4, 0.5) is 0 Å². The quantitative estimate of drug-likeness (QED) is 0.930. The SMILES string of the molecule is CC1CN(C(=O)COc2ccc(Cl)cc2)CCC1N.Cl. The van der Waals surface area contributed by atoms with E-state index in [1.807, 2.05) is 4.90 Å². The number of halogens is 2. The van der Waals surface area contributed by atoms with Gasteiger partial charge in [-0.25, -0.2) is 0 Å². The third kappa shape index (κ3) is 4.54. The zero-order valence-electron chi connectivity index (χ0n) is 11.4. The van der Waals surface area contributed by atoms with Crippen molar-refractivity contribution in [3.63, 3.8) is 0 Å². The van der Waals surface area contributed by atoms with E-state index in [9.17, 15) is 4.79 Å². The van der Waals surface area contributed by atoms with Crippen LogP contribution in [0.15, 0.2) is 24.3 Å². The Kier molecular flexibility index (Phi) is 6.59. The standard InChI is InChI=1S/C14H19ClN2O2.ClH/c1-10-8-17(7-6-13(10)16)14(18)9-19-12-4-2-11(15)3-5-12;/h2-5,10,13H,6-9,16H2,1H3;1H. The number of carbonyl (C=O) groups excluding carboxylic acids is 1. The highest BCUT2D eigenvalue weighted by Crippen LogP contribution is 2.17. The van der Waals surface area contributed by atoms with E-state index in [1.165, 1.54) is 0 Å². The molecular formula is C14H20Cl2N2O2. The molecular weight excluding hydrogens is 299 g/mol. The van der Waals surface area contributed by atoms with Gasteiger partial charge >= 0.3 is 0 Å². The van der Waals surface area contributed by atoms with Crippen LogP contribution in [0.1, 0.15) is 13.3 Å². The second-order valence-electron chi connectivity index (χ2n) is 5.01. The summed E-state index contributed by atoms with van der Waals surface area (Å²) in [4.78, 5) is 13.8. The minimum atomic E-state index is 0. The summed E-state index contributed by atoms with van der Waals surface area (Å²) in [5.41, 5.74) is 5.94. The Hall–Kier alpha value is -0.970. The number of hydrogen-bond donors (Lipinski definition) is 1. The van der Waals surface area contributed by atoms with Gasteiger partial charge in [-0.05, 0) is 36.6 Å². The van der Waals surface area contributed by atoms with E-state index in [4.69, 9.17) is 22.1 Å². The molecule has 6 heteroatoms. The number of hydrogen-bond acceptors (Lipinski definition) is 3. The molecule has 0 radical (unpaired) electrons. The maximum atomic E-state index is 12.0. The van der Waals surface area contributed by atoms with Crippen molar-refractivity contribution < 1.29 is 9.53 Å². The molecule has 1 aromatic rings. The van der Waals surface area contributed by atoms with Gasteiger partial charge in [-0.3, -0.25) is 4.79 Å². The van der Waals surface area contributed by atoms with Crippen molar-refractivity contribution in [3.8, 4) is 5.75 Å². The average molecular weight is 319 g/mol. The van der Waals surface area contributed by atoms with Crippen LogP contribution in [-0.2, 0) is 4.79 Å². The summed E-state index contributed by atoms with van der Waals surface area (Å²) in [6.45, 7) is 3.56. The van der Waals surface area contributed by atoms with Crippen molar-refractivity contribution in [3.05, 3.63) is 29.3 Å². The molecule has 0 aliphatic carbocycles. The van der Waals surface area contributed by atoms with E-state index in [-0.39, 0.29) is 31.0 Å². The minimum Gasteiger partial charge on any atom is -0.484 e. The largest absolute Gasteiger partial charge is 0.484 e. The number of carbonyl (C=O) groups is 1. The van der Waals surface area contributed by atoms with Crippen molar-refractivity contribution >= 4 is 29.9 Å². The summed E-state index contributed by atoms with van der Waals surface area (Å²) < 4.78 is 5.46. The van der Waals surface area contributed by atoms with Crippen LogP contribution >= 0.6 is 24.0 Å². The second kappa shape index (κ2) is 7.72. The van der Waals surface area contributed by atoms with Crippen molar-refractivity contribution in [1.29, 1.82) is 0 Å². The number of piperidine rings is 1. The molecule has 1 heterocycles. The third-order valence-electron chi connectivity index (χ3n) is 3.50. The Bertz CT molecular complexity index is 439. The second-order valence-corrected chi connectivity index (χ2v) is 5.45. The molecule has 0 saturated carbocycles. The number of nitrogens with zero attached hydrogens (tertiary/aromatic N) is 1. The molecule has 0 aromatic heterocycles. The molecule has 20 heavy (non-hydrogen) atoms. The highest BCUT2D eigenvalue weighted by Gasteiger charge is 2.26. The Balaban J connectivity index is 0.00000200. The minimum absolute atomic E-state index is 0. The molecule has 1 amide bonds. The summed E-state index contributed by atoms with van der Waals surface area (Å²) in [7, 11) is 0. The van der Waals surface area contributed by atoms with Crippen LogP contribution in [0.3, 0.4) is 0 Å². The number of benzene rings is 1. The van der Waals surface area contributed by atoms with E-state index in [0.717, 1.165) is 6.42 Å². The van der Waals surface area contributed by atoms with Crippen molar-refractivity contribution in [2.24, 2.45) is 11.7 Å². The lowest BCUT2D eigenvalue weighted by atomic mass is 9.95. The predicted molar refractivity (Wildman–Crippen MR) is 82.5 cm³/mol. The Morgan fingerprint density at radius 2 is 2.10 bits per heavy atom. The predicted octanol–water partition coefficient (Wildman–Crippen LogP) is 2.34. The van der Waals surface area contributed by atoms with E-state index in [1.54, 1.807) is 24.3 Å². The molecule has 1 fully saturated rings. The molecule has 2 N–H and O–H groups in total. The fourth-order valence-electron chi connectivity index (χ4n) is 2.16. The molecule has 1 aliphatic rings.